The minimum absolute atomic E-state index is 0.474. The van der Waals surface area contributed by atoms with Crippen LogP contribution in [0, 0.1) is 6.92 Å². The first-order valence-electron chi connectivity index (χ1n) is 5.71. The van der Waals surface area contributed by atoms with Crippen LogP contribution in [-0.4, -0.2) is 16.7 Å². The minimum atomic E-state index is -0.503. The molecule has 0 aliphatic heterocycles. The highest BCUT2D eigenvalue weighted by Gasteiger charge is 2.17. The van der Waals surface area contributed by atoms with E-state index in [0.717, 1.165) is 10.2 Å². The Morgan fingerprint density at radius 3 is 2.78 bits per heavy atom. The number of carbonyl (C=O) groups excluding carboxylic acids is 1. The molecule has 5 heteroatoms. The number of aromatic nitrogens is 1. The first-order valence-corrected chi connectivity index (χ1v) is 6.52. The highest BCUT2D eigenvalue weighted by atomic mass is 32.1. The van der Waals surface area contributed by atoms with Gasteiger partial charge in [-0.05, 0) is 45.4 Å². The number of anilines is 1. The standard InChI is InChI=1S/C13H16N2O2S/c1-8-5-6-9-10(7-8)18-11(14-9)15-12(16)17-13(2,3)4/h5-7H,1-4H3,(H,14,15,16). The highest BCUT2D eigenvalue weighted by molar-refractivity contribution is 7.22. The third-order valence-corrected chi connectivity index (χ3v) is 3.09. The second kappa shape index (κ2) is 4.57. The molecule has 18 heavy (non-hydrogen) atoms. The van der Waals surface area contributed by atoms with Gasteiger partial charge in [0.1, 0.15) is 5.60 Å². The van der Waals surface area contributed by atoms with E-state index < -0.39 is 11.7 Å². The highest BCUT2D eigenvalue weighted by Crippen LogP contribution is 2.26. The predicted molar refractivity (Wildman–Crippen MR) is 74.2 cm³/mol. The smallest absolute Gasteiger partial charge is 0.413 e. The Bertz CT molecular complexity index is 584. The molecule has 4 nitrogen and oxygen atoms in total. The Hall–Kier alpha value is -1.62. The number of amides is 1. The van der Waals surface area contributed by atoms with Crippen molar-refractivity contribution in [1.29, 1.82) is 0 Å². The van der Waals surface area contributed by atoms with Crippen LogP contribution in [0.2, 0.25) is 0 Å². The number of fused-ring (bicyclic) bond motifs is 1. The lowest BCUT2D eigenvalue weighted by Gasteiger charge is -2.18. The number of rotatable bonds is 1. The summed E-state index contributed by atoms with van der Waals surface area (Å²) in [7, 11) is 0. The van der Waals surface area contributed by atoms with Crippen molar-refractivity contribution in [3.05, 3.63) is 23.8 Å². The van der Waals surface area contributed by atoms with Crippen LogP contribution in [-0.2, 0) is 4.74 Å². The van der Waals surface area contributed by atoms with E-state index >= 15 is 0 Å². The third kappa shape index (κ3) is 3.20. The van der Waals surface area contributed by atoms with Crippen molar-refractivity contribution in [2.24, 2.45) is 0 Å². The molecule has 0 fully saturated rings. The summed E-state index contributed by atoms with van der Waals surface area (Å²) >= 11 is 1.44. The molecular weight excluding hydrogens is 248 g/mol. The number of thiazole rings is 1. The summed E-state index contributed by atoms with van der Waals surface area (Å²) in [6, 6.07) is 5.99. The van der Waals surface area contributed by atoms with Crippen LogP contribution < -0.4 is 5.32 Å². The molecule has 2 rings (SSSR count). The maximum absolute atomic E-state index is 11.6. The molecule has 1 heterocycles. The first-order chi connectivity index (χ1) is 8.33. The molecule has 0 spiro atoms. The number of ether oxygens (including phenoxy) is 1. The lowest BCUT2D eigenvalue weighted by molar-refractivity contribution is 0.0636. The zero-order valence-corrected chi connectivity index (χ0v) is 11.7. The van der Waals surface area contributed by atoms with Crippen LogP contribution >= 0.6 is 11.3 Å². The number of benzene rings is 1. The number of hydrogen-bond donors (Lipinski definition) is 1. The monoisotopic (exact) mass is 264 g/mol. The summed E-state index contributed by atoms with van der Waals surface area (Å²) in [6.45, 7) is 7.51. The maximum Gasteiger partial charge on any atom is 0.413 e. The third-order valence-electron chi connectivity index (χ3n) is 2.15. The second-order valence-electron chi connectivity index (χ2n) is 5.12. The van der Waals surface area contributed by atoms with E-state index in [1.165, 1.54) is 16.9 Å². The van der Waals surface area contributed by atoms with Gasteiger partial charge in [-0.2, -0.15) is 0 Å². The first kappa shape index (κ1) is 12.8. The van der Waals surface area contributed by atoms with E-state index in [1.807, 2.05) is 45.9 Å². The van der Waals surface area contributed by atoms with Crippen LogP contribution in [0.25, 0.3) is 10.2 Å². The van der Waals surface area contributed by atoms with Gasteiger partial charge in [0.15, 0.2) is 5.13 Å². The van der Waals surface area contributed by atoms with Gasteiger partial charge in [0.05, 0.1) is 10.2 Å². The molecule has 1 aromatic carbocycles. The van der Waals surface area contributed by atoms with Crippen LogP contribution in [0.4, 0.5) is 9.93 Å². The summed E-state index contributed by atoms with van der Waals surface area (Å²) in [5, 5.41) is 3.21. The zero-order chi connectivity index (χ0) is 13.3. The van der Waals surface area contributed by atoms with Crippen LogP contribution in [0.1, 0.15) is 26.3 Å². The van der Waals surface area contributed by atoms with Gasteiger partial charge in [0.25, 0.3) is 0 Å². The fourth-order valence-corrected chi connectivity index (χ4v) is 2.43. The summed E-state index contributed by atoms with van der Waals surface area (Å²) < 4.78 is 6.23. The summed E-state index contributed by atoms with van der Waals surface area (Å²) in [4.78, 5) is 15.9. The number of hydrogen-bond acceptors (Lipinski definition) is 4. The summed E-state index contributed by atoms with van der Waals surface area (Å²) in [5.74, 6) is 0. The maximum atomic E-state index is 11.6. The Balaban J connectivity index is 2.15. The van der Waals surface area contributed by atoms with Crippen molar-refractivity contribution in [2.75, 3.05) is 5.32 Å². The molecule has 1 aromatic heterocycles. The second-order valence-corrected chi connectivity index (χ2v) is 6.15. The minimum Gasteiger partial charge on any atom is -0.444 e. The normalized spacial score (nSPS) is 11.6. The molecule has 0 saturated heterocycles. The molecule has 0 atom stereocenters. The Kier molecular flexibility index (Phi) is 3.26. The van der Waals surface area contributed by atoms with Crippen molar-refractivity contribution in [1.82, 2.24) is 4.98 Å². The number of aryl methyl sites for hydroxylation is 1. The molecular formula is C13H16N2O2S. The molecule has 0 radical (unpaired) electrons. The van der Waals surface area contributed by atoms with E-state index in [9.17, 15) is 4.79 Å². The molecule has 0 saturated carbocycles. The molecule has 1 amide bonds. The van der Waals surface area contributed by atoms with Crippen molar-refractivity contribution in [3.8, 4) is 0 Å². The average molecular weight is 264 g/mol. The van der Waals surface area contributed by atoms with Gasteiger partial charge in [-0.1, -0.05) is 17.4 Å². The van der Waals surface area contributed by atoms with Crippen molar-refractivity contribution < 1.29 is 9.53 Å². The SMILES string of the molecule is Cc1ccc2nc(NC(=O)OC(C)(C)C)sc2c1. The Labute approximate surface area is 110 Å². The summed E-state index contributed by atoms with van der Waals surface area (Å²) in [6.07, 6.45) is -0.474. The molecule has 0 unspecified atom stereocenters. The Morgan fingerprint density at radius 2 is 2.11 bits per heavy atom. The lowest BCUT2D eigenvalue weighted by atomic mass is 10.2. The molecule has 96 valence electrons. The largest absolute Gasteiger partial charge is 0.444 e. The van der Waals surface area contributed by atoms with Gasteiger partial charge in [0, 0.05) is 0 Å². The molecule has 1 N–H and O–H groups in total. The molecule has 0 bridgehead atoms. The van der Waals surface area contributed by atoms with Crippen molar-refractivity contribution >= 4 is 32.8 Å². The fourth-order valence-electron chi connectivity index (χ4n) is 1.48. The fraction of sp³-hybridized carbons (Fsp3) is 0.385. The van der Waals surface area contributed by atoms with E-state index in [-0.39, 0.29) is 0 Å². The van der Waals surface area contributed by atoms with Gasteiger partial charge in [-0.15, -0.1) is 0 Å². The average Bonchev–Trinajstić information content (AvgIpc) is 2.55. The number of carbonyl (C=O) groups is 1. The van der Waals surface area contributed by atoms with Crippen molar-refractivity contribution in [2.45, 2.75) is 33.3 Å². The molecule has 2 aromatic rings. The van der Waals surface area contributed by atoms with Gasteiger partial charge < -0.3 is 4.74 Å². The zero-order valence-electron chi connectivity index (χ0n) is 10.9. The number of nitrogens with one attached hydrogen (secondary N) is 1. The molecule has 0 aliphatic rings. The quantitative estimate of drug-likeness (QED) is 0.848. The van der Waals surface area contributed by atoms with E-state index in [0.29, 0.717) is 5.13 Å². The van der Waals surface area contributed by atoms with Gasteiger partial charge in [0.2, 0.25) is 0 Å². The van der Waals surface area contributed by atoms with E-state index in [2.05, 4.69) is 10.3 Å². The van der Waals surface area contributed by atoms with E-state index in [1.54, 1.807) is 0 Å². The van der Waals surface area contributed by atoms with Crippen LogP contribution in [0.5, 0.6) is 0 Å². The van der Waals surface area contributed by atoms with Crippen molar-refractivity contribution in [3.63, 3.8) is 0 Å². The topological polar surface area (TPSA) is 51.2 Å². The van der Waals surface area contributed by atoms with Gasteiger partial charge in [-0.25, -0.2) is 9.78 Å². The van der Waals surface area contributed by atoms with Gasteiger partial charge in [-0.3, -0.25) is 5.32 Å². The Morgan fingerprint density at radius 1 is 1.39 bits per heavy atom. The van der Waals surface area contributed by atoms with Gasteiger partial charge >= 0.3 is 6.09 Å². The van der Waals surface area contributed by atoms with E-state index in [4.69, 9.17) is 4.74 Å². The number of nitrogens with zero attached hydrogens (tertiary/aromatic N) is 1. The predicted octanol–water partition coefficient (Wildman–Crippen LogP) is 3.95. The summed E-state index contributed by atoms with van der Waals surface area (Å²) in [5.41, 5.74) is 1.56. The lowest BCUT2D eigenvalue weighted by Crippen LogP contribution is -2.27. The molecule has 0 aliphatic carbocycles. The van der Waals surface area contributed by atoms with Crippen LogP contribution in [0.15, 0.2) is 18.2 Å². The van der Waals surface area contributed by atoms with Crippen LogP contribution in [0.3, 0.4) is 0 Å².